The SMILES string of the molecule is CN1C(c2ccccc2)N1C. The maximum absolute atomic E-state index is 2.20. The minimum atomic E-state index is 0.510. The fraction of sp³-hybridized carbons (Fsp3) is 0.333. The molecule has 1 aromatic rings. The molecule has 2 rings (SSSR count). The van der Waals surface area contributed by atoms with Gasteiger partial charge in [-0.2, -0.15) is 0 Å². The van der Waals surface area contributed by atoms with Crippen molar-refractivity contribution in [3.8, 4) is 0 Å². The van der Waals surface area contributed by atoms with Crippen molar-refractivity contribution in [3.05, 3.63) is 35.9 Å². The summed E-state index contributed by atoms with van der Waals surface area (Å²) in [5.41, 5.74) is 1.37. The Hall–Kier alpha value is -0.860. The fourth-order valence-electron chi connectivity index (χ4n) is 1.42. The van der Waals surface area contributed by atoms with Crippen LogP contribution in [-0.4, -0.2) is 24.1 Å². The van der Waals surface area contributed by atoms with Crippen molar-refractivity contribution in [2.24, 2.45) is 0 Å². The normalized spacial score (nSPS) is 35.3. The summed E-state index contributed by atoms with van der Waals surface area (Å²) in [6.45, 7) is 0. The summed E-state index contributed by atoms with van der Waals surface area (Å²) in [5, 5.41) is 4.41. The number of rotatable bonds is 1. The highest BCUT2D eigenvalue weighted by atomic mass is 15.8. The van der Waals surface area contributed by atoms with E-state index in [4.69, 9.17) is 0 Å². The molecule has 0 aromatic heterocycles. The lowest BCUT2D eigenvalue weighted by Gasteiger charge is -1.93. The van der Waals surface area contributed by atoms with Crippen molar-refractivity contribution in [3.63, 3.8) is 0 Å². The van der Waals surface area contributed by atoms with E-state index in [-0.39, 0.29) is 0 Å². The molecular formula is C9H12N2. The molecule has 0 radical (unpaired) electrons. The van der Waals surface area contributed by atoms with Gasteiger partial charge in [0.25, 0.3) is 0 Å². The Morgan fingerprint density at radius 1 is 1.00 bits per heavy atom. The number of nitrogens with zero attached hydrogens (tertiary/aromatic N) is 2. The zero-order valence-corrected chi connectivity index (χ0v) is 6.86. The predicted octanol–water partition coefficient (Wildman–Crippen LogP) is 1.48. The third-order valence-electron chi connectivity index (χ3n) is 2.25. The van der Waals surface area contributed by atoms with Gasteiger partial charge in [-0.1, -0.05) is 30.3 Å². The minimum Gasteiger partial charge on any atom is -0.220 e. The molecule has 1 aliphatic rings. The molecule has 2 unspecified atom stereocenters. The van der Waals surface area contributed by atoms with Crippen LogP contribution in [0.2, 0.25) is 0 Å². The van der Waals surface area contributed by atoms with Gasteiger partial charge in [0.2, 0.25) is 0 Å². The zero-order chi connectivity index (χ0) is 7.84. The first-order valence-corrected chi connectivity index (χ1v) is 3.81. The number of hydrogen-bond donors (Lipinski definition) is 0. The van der Waals surface area contributed by atoms with Crippen molar-refractivity contribution >= 4 is 0 Å². The van der Waals surface area contributed by atoms with Gasteiger partial charge in [0.05, 0.1) is 0 Å². The number of benzene rings is 1. The highest BCUT2D eigenvalue weighted by Gasteiger charge is 2.38. The van der Waals surface area contributed by atoms with Gasteiger partial charge in [0.15, 0.2) is 0 Å². The third kappa shape index (κ3) is 1.04. The van der Waals surface area contributed by atoms with E-state index in [1.54, 1.807) is 0 Å². The topological polar surface area (TPSA) is 6.02 Å². The molecule has 0 spiro atoms. The molecule has 1 heterocycles. The molecule has 0 aliphatic carbocycles. The van der Waals surface area contributed by atoms with Gasteiger partial charge in [-0.3, -0.25) is 0 Å². The third-order valence-corrected chi connectivity index (χ3v) is 2.25. The number of hydrazine groups is 1. The largest absolute Gasteiger partial charge is 0.220 e. The summed E-state index contributed by atoms with van der Waals surface area (Å²) in [6, 6.07) is 10.5. The van der Waals surface area contributed by atoms with E-state index in [9.17, 15) is 0 Å². The average Bonchev–Trinajstić information content (AvgIpc) is 2.62. The van der Waals surface area contributed by atoms with Crippen LogP contribution in [0.1, 0.15) is 11.7 Å². The standard InChI is InChI=1S/C9H12N2/c1-10-9(11(10)2)8-6-4-3-5-7-8/h3-7,9H,1-2H3. The molecule has 1 aliphatic heterocycles. The quantitative estimate of drug-likeness (QED) is 0.556. The van der Waals surface area contributed by atoms with Gasteiger partial charge in [-0.25, -0.2) is 10.0 Å². The van der Waals surface area contributed by atoms with Gasteiger partial charge >= 0.3 is 0 Å². The fourth-order valence-corrected chi connectivity index (χ4v) is 1.42. The van der Waals surface area contributed by atoms with Gasteiger partial charge in [-0.15, -0.1) is 0 Å². The Morgan fingerprint density at radius 2 is 1.55 bits per heavy atom. The van der Waals surface area contributed by atoms with E-state index in [2.05, 4.69) is 48.4 Å². The van der Waals surface area contributed by atoms with Crippen molar-refractivity contribution < 1.29 is 0 Å². The first-order chi connectivity index (χ1) is 5.30. The maximum Gasteiger partial charge on any atom is 0.114 e. The second kappa shape index (κ2) is 2.32. The molecule has 0 N–H and O–H groups in total. The molecule has 58 valence electrons. The van der Waals surface area contributed by atoms with Crippen LogP contribution in [0.5, 0.6) is 0 Å². The summed E-state index contributed by atoms with van der Waals surface area (Å²) in [4.78, 5) is 0. The van der Waals surface area contributed by atoms with Crippen LogP contribution in [0.15, 0.2) is 30.3 Å². The molecule has 1 aromatic carbocycles. The predicted molar refractivity (Wildman–Crippen MR) is 44.7 cm³/mol. The van der Waals surface area contributed by atoms with Gasteiger partial charge in [0.1, 0.15) is 6.17 Å². The molecule has 1 saturated heterocycles. The van der Waals surface area contributed by atoms with Gasteiger partial charge in [0, 0.05) is 14.1 Å². The van der Waals surface area contributed by atoms with E-state index >= 15 is 0 Å². The van der Waals surface area contributed by atoms with Crippen LogP contribution in [0.25, 0.3) is 0 Å². The molecular weight excluding hydrogens is 136 g/mol. The summed E-state index contributed by atoms with van der Waals surface area (Å²) in [6.07, 6.45) is 0.510. The molecule has 11 heavy (non-hydrogen) atoms. The van der Waals surface area contributed by atoms with Crippen LogP contribution >= 0.6 is 0 Å². The minimum absolute atomic E-state index is 0.510. The van der Waals surface area contributed by atoms with E-state index in [0.29, 0.717) is 6.17 Å². The smallest absolute Gasteiger partial charge is 0.114 e. The van der Waals surface area contributed by atoms with Gasteiger partial charge < -0.3 is 0 Å². The molecule has 2 heteroatoms. The maximum atomic E-state index is 2.20. The summed E-state index contributed by atoms with van der Waals surface area (Å²) in [5.74, 6) is 0. The molecule has 0 amide bonds. The van der Waals surface area contributed by atoms with E-state index < -0.39 is 0 Å². The van der Waals surface area contributed by atoms with Crippen LogP contribution in [-0.2, 0) is 0 Å². The second-order valence-corrected chi connectivity index (χ2v) is 2.93. The van der Waals surface area contributed by atoms with Crippen LogP contribution < -0.4 is 0 Å². The second-order valence-electron chi connectivity index (χ2n) is 2.93. The molecule has 2 nitrogen and oxygen atoms in total. The van der Waals surface area contributed by atoms with E-state index in [1.807, 2.05) is 6.07 Å². The first kappa shape index (κ1) is 6.83. The van der Waals surface area contributed by atoms with E-state index in [0.717, 1.165) is 0 Å². The molecule has 2 atom stereocenters. The molecule has 0 saturated carbocycles. The van der Waals surface area contributed by atoms with Crippen LogP contribution in [0.3, 0.4) is 0 Å². The summed E-state index contributed by atoms with van der Waals surface area (Å²) < 4.78 is 0. The monoisotopic (exact) mass is 148 g/mol. The van der Waals surface area contributed by atoms with Gasteiger partial charge in [-0.05, 0) is 5.56 Å². The van der Waals surface area contributed by atoms with Crippen molar-refractivity contribution in [1.82, 2.24) is 10.0 Å². The number of hydrogen-bond acceptors (Lipinski definition) is 2. The zero-order valence-electron chi connectivity index (χ0n) is 6.86. The lowest BCUT2D eigenvalue weighted by molar-refractivity contribution is 0.412. The Kier molecular flexibility index (Phi) is 1.44. The van der Waals surface area contributed by atoms with Crippen LogP contribution in [0.4, 0.5) is 0 Å². The Labute approximate surface area is 67.0 Å². The molecule has 0 bridgehead atoms. The van der Waals surface area contributed by atoms with E-state index in [1.165, 1.54) is 5.56 Å². The highest BCUT2D eigenvalue weighted by molar-refractivity contribution is 5.20. The average molecular weight is 148 g/mol. The van der Waals surface area contributed by atoms with Crippen LogP contribution in [0, 0.1) is 0 Å². The van der Waals surface area contributed by atoms with Crippen molar-refractivity contribution in [2.75, 3.05) is 14.1 Å². The van der Waals surface area contributed by atoms with Crippen molar-refractivity contribution in [2.45, 2.75) is 6.17 Å². The van der Waals surface area contributed by atoms with Crippen molar-refractivity contribution in [1.29, 1.82) is 0 Å². The summed E-state index contributed by atoms with van der Waals surface area (Å²) in [7, 11) is 4.19. The lowest BCUT2D eigenvalue weighted by Crippen LogP contribution is -1.91. The lowest BCUT2D eigenvalue weighted by atomic mass is 10.2. The summed E-state index contributed by atoms with van der Waals surface area (Å²) >= 11 is 0. The molecule has 1 fully saturated rings. The Balaban J connectivity index is 2.20. The first-order valence-electron chi connectivity index (χ1n) is 3.81. The highest BCUT2D eigenvalue weighted by Crippen LogP contribution is 2.36. The Bertz CT molecular complexity index is 237. The Morgan fingerprint density at radius 3 is 2.00 bits per heavy atom.